The molecule has 0 aliphatic carbocycles. The fraction of sp³-hybridized carbons (Fsp3) is 0.214. The van der Waals surface area contributed by atoms with E-state index in [-0.39, 0.29) is 5.56 Å². The molecule has 5 heteroatoms. The number of aromatic nitrogens is 1. The molecule has 0 aliphatic heterocycles. The monoisotopic (exact) mass is 322 g/mol. The highest BCUT2D eigenvalue weighted by atomic mass is 79.9. The normalized spacial score (nSPS) is 10.4. The maximum absolute atomic E-state index is 11.6. The molecule has 0 spiro atoms. The maximum atomic E-state index is 11.6. The van der Waals surface area contributed by atoms with Crippen LogP contribution >= 0.6 is 15.9 Å². The molecule has 0 unspecified atom stereocenters. The summed E-state index contributed by atoms with van der Waals surface area (Å²) in [6.07, 6.45) is 0.747. The molecule has 1 heterocycles. The van der Waals surface area contributed by atoms with Crippen molar-refractivity contribution >= 4 is 21.6 Å². The third-order valence-corrected chi connectivity index (χ3v) is 3.34. The Bertz CT molecular complexity index is 610. The number of nitrogens with zero attached hydrogens (tertiary/aromatic N) is 1. The van der Waals surface area contributed by atoms with Crippen LogP contribution in [-0.2, 0) is 6.54 Å². The Labute approximate surface area is 119 Å². The lowest BCUT2D eigenvalue weighted by Gasteiger charge is -2.09. The highest BCUT2D eigenvalue weighted by molar-refractivity contribution is 9.10. The standard InChI is InChI=1S/C14H15BrN2O2/c15-13-6-2-7-14(18)17(13)8-3-9-19-12-5-1-4-11(16)10-12/h1-2,4-7,10H,3,8-9,16H2. The van der Waals surface area contributed by atoms with Crippen LogP contribution in [-0.4, -0.2) is 11.2 Å². The van der Waals surface area contributed by atoms with E-state index >= 15 is 0 Å². The second kappa shape index (κ2) is 6.43. The molecule has 2 N–H and O–H groups in total. The summed E-state index contributed by atoms with van der Waals surface area (Å²) in [6.45, 7) is 1.15. The van der Waals surface area contributed by atoms with Gasteiger partial charge in [0, 0.05) is 24.4 Å². The first-order chi connectivity index (χ1) is 9.16. The van der Waals surface area contributed by atoms with Crippen molar-refractivity contribution < 1.29 is 4.74 Å². The van der Waals surface area contributed by atoms with Gasteiger partial charge < -0.3 is 15.0 Å². The molecular weight excluding hydrogens is 308 g/mol. The molecule has 100 valence electrons. The molecule has 0 atom stereocenters. The van der Waals surface area contributed by atoms with Crippen LogP contribution in [0.25, 0.3) is 0 Å². The van der Waals surface area contributed by atoms with Crippen molar-refractivity contribution in [3.8, 4) is 5.75 Å². The minimum atomic E-state index is -0.0154. The van der Waals surface area contributed by atoms with Gasteiger partial charge in [-0.05, 0) is 40.5 Å². The van der Waals surface area contributed by atoms with Crippen LogP contribution in [0.3, 0.4) is 0 Å². The first kappa shape index (κ1) is 13.7. The van der Waals surface area contributed by atoms with E-state index in [9.17, 15) is 4.79 Å². The van der Waals surface area contributed by atoms with Crippen LogP contribution in [0.2, 0.25) is 0 Å². The lowest BCUT2D eigenvalue weighted by atomic mass is 10.3. The molecular formula is C14H15BrN2O2. The molecule has 4 nitrogen and oxygen atoms in total. The van der Waals surface area contributed by atoms with Gasteiger partial charge in [-0.1, -0.05) is 12.1 Å². The van der Waals surface area contributed by atoms with Crippen molar-refractivity contribution in [2.24, 2.45) is 0 Å². The van der Waals surface area contributed by atoms with Crippen LogP contribution in [0.4, 0.5) is 5.69 Å². The predicted molar refractivity (Wildman–Crippen MR) is 79.4 cm³/mol. The van der Waals surface area contributed by atoms with Gasteiger partial charge in [-0.15, -0.1) is 0 Å². The number of hydrogen-bond donors (Lipinski definition) is 1. The number of hydrogen-bond acceptors (Lipinski definition) is 3. The smallest absolute Gasteiger partial charge is 0.251 e. The number of halogens is 1. The molecule has 0 saturated heterocycles. The van der Waals surface area contributed by atoms with Gasteiger partial charge in [-0.3, -0.25) is 4.79 Å². The van der Waals surface area contributed by atoms with E-state index in [1.165, 1.54) is 0 Å². The Morgan fingerprint density at radius 3 is 2.74 bits per heavy atom. The van der Waals surface area contributed by atoms with E-state index in [0.717, 1.165) is 16.8 Å². The van der Waals surface area contributed by atoms with Crippen molar-refractivity contribution in [3.63, 3.8) is 0 Å². The molecule has 0 amide bonds. The number of anilines is 1. The van der Waals surface area contributed by atoms with Gasteiger partial charge in [0.1, 0.15) is 5.75 Å². The number of rotatable bonds is 5. The average molecular weight is 323 g/mol. The number of pyridine rings is 1. The number of nitrogen functional groups attached to an aromatic ring is 1. The fourth-order valence-electron chi connectivity index (χ4n) is 1.73. The van der Waals surface area contributed by atoms with E-state index in [0.29, 0.717) is 18.8 Å². The predicted octanol–water partition coefficient (Wildman–Crippen LogP) is 2.66. The summed E-state index contributed by atoms with van der Waals surface area (Å²) in [5, 5.41) is 0. The molecule has 0 bridgehead atoms. The molecule has 1 aromatic heterocycles. The molecule has 0 aliphatic rings. The minimum absolute atomic E-state index is 0.0154. The molecule has 0 radical (unpaired) electrons. The average Bonchev–Trinajstić information content (AvgIpc) is 2.37. The lowest BCUT2D eigenvalue weighted by Crippen LogP contribution is -2.20. The van der Waals surface area contributed by atoms with E-state index in [1.807, 2.05) is 24.3 Å². The zero-order valence-electron chi connectivity index (χ0n) is 10.4. The Morgan fingerprint density at radius 2 is 2.00 bits per heavy atom. The molecule has 0 saturated carbocycles. The number of ether oxygens (including phenoxy) is 1. The SMILES string of the molecule is Nc1cccc(OCCCn2c(Br)cccc2=O)c1. The Kier molecular flexibility index (Phi) is 4.63. The van der Waals surface area contributed by atoms with Gasteiger partial charge in [0.25, 0.3) is 5.56 Å². The summed E-state index contributed by atoms with van der Waals surface area (Å²) in [6, 6.07) is 12.4. The van der Waals surface area contributed by atoms with Gasteiger partial charge in [0.05, 0.1) is 11.2 Å². The van der Waals surface area contributed by atoms with Crippen molar-refractivity contribution in [3.05, 3.63) is 57.4 Å². The molecule has 19 heavy (non-hydrogen) atoms. The first-order valence-electron chi connectivity index (χ1n) is 6.00. The van der Waals surface area contributed by atoms with Crippen LogP contribution in [0, 0.1) is 0 Å². The fourth-order valence-corrected chi connectivity index (χ4v) is 2.23. The summed E-state index contributed by atoms with van der Waals surface area (Å²) < 4.78 is 8.03. The summed E-state index contributed by atoms with van der Waals surface area (Å²) in [7, 11) is 0. The van der Waals surface area contributed by atoms with Crippen molar-refractivity contribution in [2.45, 2.75) is 13.0 Å². The Balaban J connectivity index is 1.86. The minimum Gasteiger partial charge on any atom is -0.493 e. The first-order valence-corrected chi connectivity index (χ1v) is 6.80. The summed E-state index contributed by atoms with van der Waals surface area (Å²) >= 11 is 3.36. The van der Waals surface area contributed by atoms with Crippen molar-refractivity contribution in [1.29, 1.82) is 0 Å². The number of nitrogens with two attached hydrogens (primary N) is 1. The van der Waals surface area contributed by atoms with Gasteiger partial charge in [-0.25, -0.2) is 0 Å². The second-order valence-electron chi connectivity index (χ2n) is 4.11. The van der Waals surface area contributed by atoms with Crippen molar-refractivity contribution in [1.82, 2.24) is 4.57 Å². The topological polar surface area (TPSA) is 57.2 Å². The quantitative estimate of drug-likeness (QED) is 0.523. The summed E-state index contributed by atoms with van der Waals surface area (Å²) in [5.74, 6) is 0.750. The molecule has 2 rings (SSSR count). The number of benzene rings is 1. The maximum Gasteiger partial charge on any atom is 0.251 e. The highest BCUT2D eigenvalue weighted by Gasteiger charge is 2.00. The van der Waals surface area contributed by atoms with Gasteiger partial charge in [-0.2, -0.15) is 0 Å². The Morgan fingerprint density at radius 1 is 1.21 bits per heavy atom. The third kappa shape index (κ3) is 3.86. The van der Waals surface area contributed by atoms with Crippen LogP contribution < -0.4 is 16.0 Å². The van der Waals surface area contributed by atoms with Gasteiger partial charge in [0.15, 0.2) is 0 Å². The van der Waals surface area contributed by atoms with Crippen LogP contribution in [0.15, 0.2) is 51.9 Å². The Hall–Kier alpha value is -1.75. The summed E-state index contributed by atoms with van der Waals surface area (Å²) in [5.41, 5.74) is 6.33. The molecule has 2 aromatic rings. The van der Waals surface area contributed by atoms with Crippen molar-refractivity contribution in [2.75, 3.05) is 12.3 Å². The zero-order valence-corrected chi connectivity index (χ0v) is 12.0. The van der Waals surface area contributed by atoms with E-state index in [1.54, 1.807) is 22.8 Å². The van der Waals surface area contributed by atoms with E-state index in [4.69, 9.17) is 10.5 Å². The van der Waals surface area contributed by atoms with Gasteiger partial charge >= 0.3 is 0 Å². The highest BCUT2D eigenvalue weighted by Crippen LogP contribution is 2.14. The van der Waals surface area contributed by atoms with Crippen LogP contribution in [0.5, 0.6) is 5.75 Å². The zero-order chi connectivity index (χ0) is 13.7. The lowest BCUT2D eigenvalue weighted by molar-refractivity contribution is 0.300. The molecule has 1 aromatic carbocycles. The van der Waals surface area contributed by atoms with E-state index < -0.39 is 0 Å². The summed E-state index contributed by atoms with van der Waals surface area (Å²) in [4.78, 5) is 11.6. The third-order valence-electron chi connectivity index (χ3n) is 2.65. The second-order valence-corrected chi connectivity index (χ2v) is 4.93. The van der Waals surface area contributed by atoms with E-state index in [2.05, 4.69) is 15.9 Å². The van der Waals surface area contributed by atoms with Crippen LogP contribution in [0.1, 0.15) is 6.42 Å². The van der Waals surface area contributed by atoms with Gasteiger partial charge in [0.2, 0.25) is 0 Å². The largest absolute Gasteiger partial charge is 0.493 e. The molecule has 0 fully saturated rings.